The SMILES string of the molecule is c1ccc(-c2cccc(-c3ccccc3)c2B2c3ccccc3Oc3cc4c(cc32)B2c3ccccc3Sc3cccc(c32)N4c2ccccc2)cc1. The van der Waals surface area contributed by atoms with Gasteiger partial charge in [-0.3, -0.25) is 0 Å². The minimum atomic E-state index is -0.0816. The highest BCUT2D eigenvalue weighted by Gasteiger charge is 2.44. The maximum absolute atomic E-state index is 7.00. The maximum atomic E-state index is 7.00. The second-order valence-electron chi connectivity index (χ2n) is 14.0. The molecule has 2 nitrogen and oxygen atoms in total. The Labute approximate surface area is 314 Å². The zero-order valence-electron chi connectivity index (χ0n) is 28.8. The van der Waals surface area contributed by atoms with Crippen LogP contribution >= 0.6 is 11.8 Å². The van der Waals surface area contributed by atoms with E-state index in [4.69, 9.17) is 4.74 Å². The van der Waals surface area contributed by atoms with E-state index in [2.05, 4.69) is 193 Å². The highest BCUT2D eigenvalue weighted by atomic mass is 32.2. The number of hydrogen-bond donors (Lipinski definition) is 0. The normalized spacial score (nSPS) is 13.2. The van der Waals surface area contributed by atoms with E-state index in [1.807, 2.05) is 11.8 Å². The van der Waals surface area contributed by atoms with Crippen molar-refractivity contribution < 1.29 is 4.74 Å². The molecule has 0 N–H and O–H groups in total. The summed E-state index contributed by atoms with van der Waals surface area (Å²) >= 11 is 1.89. The Kier molecular flexibility index (Phi) is 7.03. The topological polar surface area (TPSA) is 12.5 Å². The number of rotatable bonds is 4. The second kappa shape index (κ2) is 12.2. The number of hydrogen-bond acceptors (Lipinski definition) is 3. The van der Waals surface area contributed by atoms with Crippen LogP contribution in [0, 0.1) is 0 Å². The maximum Gasteiger partial charge on any atom is 0.252 e. The predicted octanol–water partition coefficient (Wildman–Crippen LogP) is 8.41. The largest absolute Gasteiger partial charge is 0.458 e. The summed E-state index contributed by atoms with van der Waals surface area (Å²) < 4.78 is 7.00. The van der Waals surface area contributed by atoms with E-state index < -0.39 is 0 Å². The van der Waals surface area contributed by atoms with Crippen molar-refractivity contribution in [1.29, 1.82) is 0 Å². The Morgan fingerprint density at radius 3 is 1.72 bits per heavy atom. The van der Waals surface area contributed by atoms with Crippen molar-refractivity contribution in [2.75, 3.05) is 4.90 Å². The van der Waals surface area contributed by atoms with Crippen molar-refractivity contribution in [2.24, 2.45) is 0 Å². The zero-order chi connectivity index (χ0) is 34.9. The number of anilines is 3. The van der Waals surface area contributed by atoms with Crippen molar-refractivity contribution in [3.8, 4) is 33.8 Å². The molecule has 0 aliphatic carbocycles. The van der Waals surface area contributed by atoms with Crippen molar-refractivity contribution in [1.82, 2.24) is 0 Å². The Hall–Kier alpha value is -6.16. The molecule has 0 amide bonds. The third-order valence-corrected chi connectivity index (χ3v) is 12.2. The lowest BCUT2D eigenvalue weighted by atomic mass is 9.31. The number of nitrogens with zero attached hydrogens (tertiary/aromatic N) is 1. The van der Waals surface area contributed by atoms with Gasteiger partial charge in [0, 0.05) is 32.9 Å². The molecule has 0 atom stereocenters. The summed E-state index contributed by atoms with van der Waals surface area (Å²) in [6.07, 6.45) is 0. The molecule has 0 radical (unpaired) electrons. The molecule has 0 saturated carbocycles. The summed E-state index contributed by atoms with van der Waals surface area (Å²) in [7, 11) is 0. The van der Waals surface area contributed by atoms with E-state index in [1.165, 1.54) is 70.5 Å². The van der Waals surface area contributed by atoms with Gasteiger partial charge in [-0.25, -0.2) is 0 Å². The minimum absolute atomic E-state index is 0.0784. The average molecular weight is 691 g/mol. The number of para-hydroxylation sites is 2. The van der Waals surface area contributed by atoms with Gasteiger partial charge in [-0.05, 0) is 80.5 Å². The van der Waals surface area contributed by atoms with Crippen molar-refractivity contribution in [3.63, 3.8) is 0 Å². The summed E-state index contributed by atoms with van der Waals surface area (Å²) in [6.45, 7) is -0.00317. The molecule has 3 aliphatic heterocycles. The Morgan fingerprint density at radius 1 is 0.396 bits per heavy atom. The fourth-order valence-corrected chi connectivity index (χ4v) is 10.0. The van der Waals surface area contributed by atoms with Crippen LogP contribution < -0.4 is 42.4 Å². The lowest BCUT2D eigenvalue weighted by Gasteiger charge is -2.41. The minimum Gasteiger partial charge on any atom is -0.458 e. The van der Waals surface area contributed by atoms with Crippen LogP contribution in [-0.4, -0.2) is 13.4 Å². The fraction of sp³-hybridized carbons (Fsp3) is 0. The average Bonchev–Trinajstić information content (AvgIpc) is 3.23. The lowest BCUT2D eigenvalue weighted by molar-refractivity contribution is 0.488. The van der Waals surface area contributed by atoms with Gasteiger partial charge in [0.25, 0.3) is 6.71 Å². The van der Waals surface area contributed by atoms with Gasteiger partial charge in [0.2, 0.25) is 6.71 Å². The predicted molar refractivity (Wildman–Crippen MR) is 225 cm³/mol. The van der Waals surface area contributed by atoms with Crippen LogP contribution in [0.15, 0.2) is 198 Å². The van der Waals surface area contributed by atoms with E-state index in [1.54, 1.807) is 0 Å². The van der Waals surface area contributed by atoms with Crippen LogP contribution in [0.2, 0.25) is 0 Å². The van der Waals surface area contributed by atoms with Gasteiger partial charge in [0.1, 0.15) is 11.5 Å². The summed E-state index contributed by atoms with van der Waals surface area (Å²) in [6, 6.07) is 68.5. The molecule has 0 unspecified atom stereocenters. The molecular formula is C48H31B2NOS. The molecule has 53 heavy (non-hydrogen) atoms. The summed E-state index contributed by atoms with van der Waals surface area (Å²) in [5, 5.41) is 0. The smallest absolute Gasteiger partial charge is 0.252 e. The Bertz CT molecular complexity index is 2640. The quantitative estimate of drug-likeness (QED) is 0.172. The van der Waals surface area contributed by atoms with Crippen LogP contribution in [-0.2, 0) is 0 Å². The molecule has 8 aromatic carbocycles. The number of ether oxygens (including phenoxy) is 1. The first-order chi connectivity index (χ1) is 26.3. The lowest BCUT2D eigenvalue weighted by Crippen LogP contribution is -2.62. The van der Waals surface area contributed by atoms with E-state index in [0.29, 0.717) is 0 Å². The van der Waals surface area contributed by atoms with Gasteiger partial charge < -0.3 is 9.64 Å². The molecule has 0 aromatic heterocycles. The van der Waals surface area contributed by atoms with Gasteiger partial charge in [0.05, 0.1) is 0 Å². The molecule has 0 spiro atoms. The molecule has 8 aromatic rings. The monoisotopic (exact) mass is 691 g/mol. The van der Waals surface area contributed by atoms with Crippen LogP contribution in [0.25, 0.3) is 22.3 Å². The molecule has 3 aliphatic rings. The zero-order valence-corrected chi connectivity index (χ0v) is 29.6. The molecular weight excluding hydrogens is 660 g/mol. The molecule has 246 valence electrons. The fourth-order valence-electron chi connectivity index (χ4n) is 8.87. The Morgan fingerprint density at radius 2 is 0.981 bits per heavy atom. The highest BCUT2D eigenvalue weighted by molar-refractivity contribution is 8.00. The molecule has 0 saturated heterocycles. The van der Waals surface area contributed by atoms with E-state index in [9.17, 15) is 0 Å². The van der Waals surface area contributed by atoms with Gasteiger partial charge in [-0.15, -0.1) is 0 Å². The first-order valence-corrected chi connectivity index (χ1v) is 19.1. The van der Waals surface area contributed by atoms with Gasteiger partial charge in [0.15, 0.2) is 0 Å². The summed E-state index contributed by atoms with van der Waals surface area (Å²) in [4.78, 5) is 5.08. The molecule has 3 heterocycles. The van der Waals surface area contributed by atoms with Crippen LogP contribution in [0.3, 0.4) is 0 Å². The van der Waals surface area contributed by atoms with Gasteiger partial charge >= 0.3 is 0 Å². The summed E-state index contributed by atoms with van der Waals surface area (Å²) in [5.74, 6) is 1.80. The van der Waals surface area contributed by atoms with E-state index >= 15 is 0 Å². The van der Waals surface area contributed by atoms with Crippen molar-refractivity contribution in [2.45, 2.75) is 9.79 Å². The second-order valence-corrected chi connectivity index (χ2v) is 15.0. The first-order valence-electron chi connectivity index (χ1n) is 18.2. The molecule has 11 rings (SSSR count). The van der Waals surface area contributed by atoms with E-state index in [-0.39, 0.29) is 13.4 Å². The summed E-state index contributed by atoms with van der Waals surface area (Å²) in [5.41, 5.74) is 16.1. The van der Waals surface area contributed by atoms with Crippen molar-refractivity contribution in [3.05, 3.63) is 188 Å². The highest BCUT2D eigenvalue weighted by Crippen LogP contribution is 2.43. The first kappa shape index (κ1) is 30.5. The van der Waals surface area contributed by atoms with E-state index in [0.717, 1.165) is 22.9 Å². The van der Waals surface area contributed by atoms with Crippen LogP contribution in [0.1, 0.15) is 0 Å². The van der Waals surface area contributed by atoms with Crippen LogP contribution in [0.5, 0.6) is 11.5 Å². The number of fused-ring (bicyclic) bond motifs is 6. The standard InChI is InChI=1S/C48H31B2NOS/c1-4-16-32(17-5-1)35-22-14-23-36(33-18-6-2-7-19-33)47(35)49-37-24-10-12-27-43(37)52-44-31-42-39(30-40(44)49)50-38-25-11-13-28-45(38)53-46-29-15-26-41(48(46)50)51(42)34-20-8-3-9-21-34/h1-31H. The van der Waals surface area contributed by atoms with Crippen molar-refractivity contribution >= 4 is 75.0 Å². The molecule has 0 bridgehead atoms. The van der Waals surface area contributed by atoms with Gasteiger partial charge in [-0.2, -0.15) is 0 Å². The Balaban J connectivity index is 1.24. The molecule has 5 heteroatoms. The van der Waals surface area contributed by atoms with Crippen LogP contribution in [0.4, 0.5) is 17.1 Å². The third kappa shape index (κ3) is 4.77. The van der Waals surface area contributed by atoms with Gasteiger partial charge in [-0.1, -0.05) is 168 Å². The third-order valence-electron chi connectivity index (χ3n) is 11.1. The number of benzene rings is 8. The molecule has 0 fully saturated rings.